The van der Waals surface area contributed by atoms with E-state index >= 15 is 0 Å². The van der Waals surface area contributed by atoms with Crippen molar-refractivity contribution < 1.29 is 9.84 Å². The molecule has 0 aliphatic heterocycles. The summed E-state index contributed by atoms with van der Waals surface area (Å²) in [5.41, 5.74) is 0.775. The van der Waals surface area contributed by atoms with E-state index in [1.165, 1.54) is 25.7 Å². The van der Waals surface area contributed by atoms with Crippen molar-refractivity contribution in [3.05, 3.63) is 24.3 Å². The molecule has 1 unspecified atom stereocenters. The van der Waals surface area contributed by atoms with E-state index in [9.17, 15) is 5.11 Å². The van der Waals surface area contributed by atoms with Crippen LogP contribution in [0.1, 0.15) is 52.4 Å². The van der Waals surface area contributed by atoms with E-state index in [4.69, 9.17) is 4.74 Å². The van der Waals surface area contributed by atoms with E-state index in [1.807, 2.05) is 24.3 Å². The van der Waals surface area contributed by atoms with Gasteiger partial charge in [0.2, 0.25) is 0 Å². The predicted molar refractivity (Wildman–Crippen MR) is 85.5 cm³/mol. The Hall–Kier alpha value is -1.22. The Kier molecular flexibility index (Phi) is 7.45. The van der Waals surface area contributed by atoms with Crippen molar-refractivity contribution in [3.63, 3.8) is 0 Å². The molecule has 1 aromatic rings. The summed E-state index contributed by atoms with van der Waals surface area (Å²) in [6.45, 7) is 4.45. The van der Waals surface area contributed by atoms with Crippen molar-refractivity contribution in [3.8, 4) is 5.75 Å². The van der Waals surface area contributed by atoms with E-state index in [-0.39, 0.29) is 12.1 Å². The van der Waals surface area contributed by atoms with Crippen LogP contribution in [0.5, 0.6) is 5.75 Å². The van der Waals surface area contributed by atoms with Crippen LogP contribution in [0.2, 0.25) is 0 Å². The van der Waals surface area contributed by atoms with Gasteiger partial charge in [-0.05, 0) is 37.6 Å². The molecule has 0 saturated carbocycles. The van der Waals surface area contributed by atoms with Gasteiger partial charge in [-0.2, -0.15) is 0 Å². The van der Waals surface area contributed by atoms with Crippen LogP contribution in [0.3, 0.4) is 0 Å². The average molecular weight is 279 g/mol. The number of aliphatic hydroxyl groups excluding tert-OH is 1. The molecule has 3 heteroatoms. The molecule has 0 amide bonds. The molecule has 2 N–H and O–H groups in total. The highest BCUT2D eigenvalue weighted by molar-refractivity contribution is 5.48. The molecule has 114 valence electrons. The van der Waals surface area contributed by atoms with Crippen molar-refractivity contribution in [2.45, 2.75) is 57.9 Å². The first kappa shape index (κ1) is 16.8. The minimum Gasteiger partial charge on any atom is -0.497 e. The molecule has 0 fully saturated rings. The van der Waals surface area contributed by atoms with Crippen LogP contribution in [0.4, 0.5) is 5.69 Å². The summed E-state index contributed by atoms with van der Waals surface area (Å²) < 4.78 is 5.15. The maximum Gasteiger partial charge on any atom is 0.119 e. The van der Waals surface area contributed by atoms with Crippen LogP contribution in [-0.4, -0.2) is 24.4 Å². The molecule has 0 heterocycles. The quantitative estimate of drug-likeness (QED) is 0.630. The van der Waals surface area contributed by atoms with Crippen LogP contribution in [0.15, 0.2) is 24.3 Å². The molecule has 0 spiro atoms. The first-order chi connectivity index (χ1) is 9.63. The number of ether oxygens (including phenoxy) is 1. The highest BCUT2D eigenvalue weighted by atomic mass is 16.5. The number of hydrogen-bond acceptors (Lipinski definition) is 3. The first-order valence-corrected chi connectivity index (χ1v) is 7.66. The largest absolute Gasteiger partial charge is 0.497 e. The Bertz CT molecular complexity index is 364. The summed E-state index contributed by atoms with van der Waals surface area (Å²) in [4.78, 5) is 0. The number of aliphatic hydroxyl groups is 1. The van der Waals surface area contributed by atoms with Gasteiger partial charge in [-0.15, -0.1) is 0 Å². The van der Waals surface area contributed by atoms with Gasteiger partial charge in [0.25, 0.3) is 0 Å². The Morgan fingerprint density at radius 2 is 1.75 bits per heavy atom. The van der Waals surface area contributed by atoms with Gasteiger partial charge in [0, 0.05) is 5.69 Å². The van der Waals surface area contributed by atoms with Crippen LogP contribution < -0.4 is 10.1 Å². The molecule has 3 nitrogen and oxygen atoms in total. The number of nitrogens with one attached hydrogen (secondary N) is 1. The average Bonchev–Trinajstić information content (AvgIpc) is 2.48. The molecule has 0 bridgehead atoms. The third-order valence-corrected chi connectivity index (χ3v) is 3.72. The second kappa shape index (κ2) is 8.85. The maximum atomic E-state index is 9.66. The fourth-order valence-electron chi connectivity index (χ4n) is 2.32. The molecule has 1 rings (SSSR count). The summed E-state index contributed by atoms with van der Waals surface area (Å²) in [5.74, 6) is 0.848. The van der Waals surface area contributed by atoms with Crippen molar-refractivity contribution in [1.82, 2.24) is 0 Å². The number of methoxy groups -OCH3 is 1. The minimum atomic E-state index is -0.249. The lowest BCUT2D eigenvalue weighted by molar-refractivity contribution is 0.211. The third kappa shape index (κ3) is 5.83. The van der Waals surface area contributed by atoms with Crippen LogP contribution in [0.25, 0.3) is 0 Å². The monoisotopic (exact) mass is 279 g/mol. The zero-order valence-electron chi connectivity index (χ0n) is 13.1. The van der Waals surface area contributed by atoms with Gasteiger partial charge in [-0.1, -0.05) is 39.0 Å². The normalized spacial score (nSPS) is 13.8. The van der Waals surface area contributed by atoms with Crippen molar-refractivity contribution in [2.24, 2.45) is 0 Å². The lowest BCUT2D eigenvalue weighted by atomic mass is 9.94. The summed E-state index contributed by atoms with van der Waals surface area (Å²) >= 11 is 0. The smallest absolute Gasteiger partial charge is 0.119 e. The maximum absolute atomic E-state index is 9.66. The van der Waals surface area contributed by atoms with Crippen molar-refractivity contribution in [2.75, 3.05) is 19.0 Å². The Morgan fingerprint density at radius 1 is 1.10 bits per heavy atom. The minimum absolute atomic E-state index is 0.146. The van der Waals surface area contributed by atoms with Gasteiger partial charge in [-0.25, -0.2) is 0 Å². The fourth-order valence-corrected chi connectivity index (χ4v) is 2.32. The van der Waals surface area contributed by atoms with Gasteiger partial charge in [-0.3, -0.25) is 0 Å². The number of anilines is 1. The molecule has 1 aromatic carbocycles. The number of hydrogen-bond donors (Lipinski definition) is 2. The summed E-state index contributed by atoms with van der Waals surface area (Å²) in [6.07, 6.45) is 7.25. The summed E-state index contributed by atoms with van der Waals surface area (Å²) in [5, 5.41) is 13.1. The number of rotatable bonds is 10. The van der Waals surface area contributed by atoms with Crippen molar-refractivity contribution in [1.29, 1.82) is 0 Å². The van der Waals surface area contributed by atoms with Gasteiger partial charge < -0.3 is 15.2 Å². The number of benzene rings is 1. The Morgan fingerprint density at radius 3 is 2.30 bits per heavy atom. The number of unbranched alkanes of at least 4 members (excludes halogenated alkanes) is 4. The highest BCUT2D eigenvalue weighted by Gasteiger charge is 2.22. The van der Waals surface area contributed by atoms with E-state index in [1.54, 1.807) is 7.11 Å². The second-order valence-electron chi connectivity index (χ2n) is 5.74. The van der Waals surface area contributed by atoms with Gasteiger partial charge in [0.05, 0.1) is 19.3 Å². The molecule has 1 atom stereocenters. The van der Waals surface area contributed by atoms with Gasteiger partial charge >= 0.3 is 0 Å². The Balaban J connectivity index is 2.46. The molecule has 20 heavy (non-hydrogen) atoms. The van der Waals surface area contributed by atoms with E-state index in [2.05, 4.69) is 19.2 Å². The molecule has 0 saturated heterocycles. The lowest BCUT2D eigenvalue weighted by Crippen LogP contribution is -2.38. The molecular weight excluding hydrogens is 250 g/mol. The second-order valence-corrected chi connectivity index (χ2v) is 5.74. The topological polar surface area (TPSA) is 41.5 Å². The third-order valence-electron chi connectivity index (χ3n) is 3.72. The Labute approximate surface area is 123 Å². The molecule has 0 radical (unpaired) electrons. The highest BCUT2D eigenvalue weighted by Crippen LogP contribution is 2.23. The lowest BCUT2D eigenvalue weighted by Gasteiger charge is -2.30. The molecule has 0 aliphatic carbocycles. The predicted octanol–water partition coefficient (Wildman–Crippen LogP) is 4.22. The molecular formula is C17H29NO2. The first-order valence-electron chi connectivity index (χ1n) is 7.66. The van der Waals surface area contributed by atoms with Crippen LogP contribution in [-0.2, 0) is 0 Å². The van der Waals surface area contributed by atoms with E-state index in [0.29, 0.717) is 0 Å². The SMILES string of the molecule is CCCCCCCC(C)(CO)Nc1ccc(OC)cc1. The summed E-state index contributed by atoms with van der Waals surface area (Å²) in [7, 11) is 1.66. The van der Waals surface area contributed by atoms with Gasteiger partial charge in [0.15, 0.2) is 0 Å². The van der Waals surface area contributed by atoms with Crippen LogP contribution in [0, 0.1) is 0 Å². The van der Waals surface area contributed by atoms with Gasteiger partial charge in [0.1, 0.15) is 5.75 Å². The van der Waals surface area contributed by atoms with Crippen LogP contribution >= 0.6 is 0 Å². The standard InChI is InChI=1S/C17H29NO2/c1-4-5-6-7-8-13-17(2,14-19)18-15-9-11-16(20-3)12-10-15/h9-12,18-19H,4-8,13-14H2,1-3H3. The zero-order valence-corrected chi connectivity index (χ0v) is 13.1. The van der Waals surface area contributed by atoms with E-state index < -0.39 is 0 Å². The summed E-state index contributed by atoms with van der Waals surface area (Å²) in [6, 6.07) is 7.84. The molecule has 0 aliphatic rings. The zero-order chi connectivity index (χ0) is 14.8. The van der Waals surface area contributed by atoms with Crippen molar-refractivity contribution >= 4 is 5.69 Å². The molecule has 0 aromatic heterocycles. The fraction of sp³-hybridized carbons (Fsp3) is 0.647. The van der Waals surface area contributed by atoms with E-state index in [0.717, 1.165) is 24.3 Å².